The maximum Gasteiger partial charge on any atom is 0.191 e. The molecule has 1 aliphatic carbocycles. The molecule has 0 amide bonds. The predicted octanol–water partition coefficient (Wildman–Crippen LogP) is 2.45. The van der Waals surface area contributed by atoms with E-state index in [0.717, 1.165) is 29.5 Å². The summed E-state index contributed by atoms with van der Waals surface area (Å²) in [5.74, 6) is 1.69. The fraction of sp³-hybridized carbons (Fsp3) is 0.750. The molecule has 0 saturated heterocycles. The summed E-state index contributed by atoms with van der Waals surface area (Å²) in [5.41, 5.74) is 2.29. The lowest BCUT2D eigenvalue weighted by Crippen LogP contribution is -2.52. The third kappa shape index (κ3) is 4.82. The number of nitrogens with zero attached hydrogens (tertiary/aromatic N) is 3. The maximum atomic E-state index is 5.19. The first kappa shape index (κ1) is 20.2. The minimum atomic E-state index is 0. The summed E-state index contributed by atoms with van der Waals surface area (Å²) in [5, 5.41) is 10.8. The van der Waals surface area contributed by atoms with E-state index in [4.69, 9.17) is 4.52 Å². The Morgan fingerprint density at radius 2 is 1.91 bits per heavy atom. The summed E-state index contributed by atoms with van der Waals surface area (Å²) in [4.78, 5) is 6.68. The predicted molar refractivity (Wildman–Crippen MR) is 104 cm³/mol. The molecule has 132 valence electrons. The average Bonchev–Trinajstić information content (AvgIpc) is 3.09. The standard InChI is InChI=1S/C16H29N5O.HI/c1-12-14(13(2)22-20-12)10-18-15(17-3)19-11-16(21(4)5)8-6-7-9-16;/h6-11H2,1-5H3,(H2,17,18,19);1H. The summed E-state index contributed by atoms with van der Waals surface area (Å²) in [6, 6.07) is 0. The molecule has 1 saturated carbocycles. The molecule has 6 nitrogen and oxygen atoms in total. The molecule has 1 aliphatic rings. The first-order valence-corrected chi connectivity index (χ1v) is 8.02. The van der Waals surface area contributed by atoms with Crippen molar-refractivity contribution in [1.29, 1.82) is 0 Å². The van der Waals surface area contributed by atoms with Gasteiger partial charge in [-0.1, -0.05) is 18.0 Å². The van der Waals surface area contributed by atoms with Crippen LogP contribution in [-0.4, -0.2) is 49.2 Å². The van der Waals surface area contributed by atoms with Gasteiger partial charge < -0.3 is 20.1 Å². The van der Waals surface area contributed by atoms with Gasteiger partial charge in [0.25, 0.3) is 0 Å². The van der Waals surface area contributed by atoms with Crippen molar-refractivity contribution in [2.45, 2.75) is 51.6 Å². The number of hydrogen-bond donors (Lipinski definition) is 2. The van der Waals surface area contributed by atoms with Gasteiger partial charge in [-0.05, 0) is 40.8 Å². The molecule has 2 N–H and O–H groups in total. The molecule has 0 radical (unpaired) electrons. The molecule has 7 heteroatoms. The van der Waals surface area contributed by atoms with Crippen molar-refractivity contribution in [3.8, 4) is 0 Å². The van der Waals surface area contributed by atoms with Gasteiger partial charge in [0, 0.05) is 31.2 Å². The van der Waals surface area contributed by atoms with Crippen molar-refractivity contribution in [2.24, 2.45) is 4.99 Å². The highest BCUT2D eigenvalue weighted by Crippen LogP contribution is 2.33. The van der Waals surface area contributed by atoms with Gasteiger partial charge in [-0.25, -0.2) is 0 Å². The quantitative estimate of drug-likeness (QED) is 0.423. The van der Waals surface area contributed by atoms with Gasteiger partial charge in [0.2, 0.25) is 0 Å². The smallest absolute Gasteiger partial charge is 0.191 e. The van der Waals surface area contributed by atoms with Gasteiger partial charge in [0.1, 0.15) is 5.76 Å². The van der Waals surface area contributed by atoms with Crippen molar-refractivity contribution in [3.05, 3.63) is 17.0 Å². The zero-order valence-electron chi connectivity index (χ0n) is 14.9. The third-order valence-electron chi connectivity index (χ3n) is 4.91. The number of aliphatic imine (C=N–C) groups is 1. The highest BCUT2D eigenvalue weighted by molar-refractivity contribution is 14.0. The van der Waals surface area contributed by atoms with E-state index in [9.17, 15) is 0 Å². The normalized spacial score (nSPS) is 17.2. The van der Waals surface area contributed by atoms with Crippen molar-refractivity contribution < 1.29 is 4.52 Å². The second kappa shape index (κ2) is 8.86. The van der Waals surface area contributed by atoms with Crippen molar-refractivity contribution >= 4 is 29.9 Å². The molecule has 0 aliphatic heterocycles. The van der Waals surface area contributed by atoms with E-state index in [1.165, 1.54) is 25.7 Å². The number of aromatic nitrogens is 1. The largest absolute Gasteiger partial charge is 0.361 e. The van der Waals surface area contributed by atoms with Crippen LogP contribution in [0, 0.1) is 13.8 Å². The van der Waals surface area contributed by atoms with E-state index >= 15 is 0 Å². The van der Waals surface area contributed by atoms with E-state index < -0.39 is 0 Å². The fourth-order valence-electron chi connectivity index (χ4n) is 3.21. The van der Waals surface area contributed by atoms with Crippen LogP contribution in [0.25, 0.3) is 0 Å². The Balaban J connectivity index is 0.00000264. The molecule has 1 heterocycles. The van der Waals surface area contributed by atoms with E-state index in [0.29, 0.717) is 6.54 Å². The lowest BCUT2D eigenvalue weighted by atomic mass is 9.96. The third-order valence-corrected chi connectivity index (χ3v) is 4.91. The minimum Gasteiger partial charge on any atom is -0.361 e. The highest BCUT2D eigenvalue weighted by atomic mass is 127. The van der Waals surface area contributed by atoms with Gasteiger partial charge in [-0.2, -0.15) is 0 Å². The second-order valence-corrected chi connectivity index (χ2v) is 6.41. The second-order valence-electron chi connectivity index (χ2n) is 6.41. The number of likely N-dealkylation sites (N-methyl/N-ethyl adjacent to an activating group) is 1. The molecule has 0 bridgehead atoms. The molecule has 0 spiro atoms. The monoisotopic (exact) mass is 435 g/mol. The van der Waals surface area contributed by atoms with Gasteiger partial charge in [0.15, 0.2) is 5.96 Å². The molecule has 1 aromatic heterocycles. The first-order valence-electron chi connectivity index (χ1n) is 8.02. The number of nitrogens with one attached hydrogen (secondary N) is 2. The number of aryl methyl sites for hydroxylation is 2. The molecular weight excluding hydrogens is 405 g/mol. The molecule has 1 aromatic rings. The van der Waals surface area contributed by atoms with Gasteiger partial charge in [0.05, 0.1) is 5.69 Å². The molecule has 0 atom stereocenters. The van der Waals surface area contributed by atoms with Crippen LogP contribution >= 0.6 is 24.0 Å². The van der Waals surface area contributed by atoms with E-state index in [1.54, 1.807) is 7.05 Å². The Morgan fingerprint density at radius 1 is 1.26 bits per heavy atom. The molecule has 0 unspecified atom stereocenters. The number of rotatable bonds is 5. The minimum absolute atomic E-state index is 0. The summed E-state index contributed by atoms with van der Waals surface area (Å²) in [6.07, 6.45) is 5.11. The van der Waals surface area contributed by atoms with Crippen molar-refractivity contribution in [2.75, 3.05) is 27.7 Å². The van der Waals surface area contributed by atoms with Crippen molar-refractivity contribution in [3.63, 3.8) is 0 Å². The van der Waals surface area contributed by atoms with Gasteiger partial charge in [-0.3, -0.25) is 4.99 Å². The van der Waals surface area contributed by atoms with E-state index in [1.807, 2.05) is 13.8 Å². The molecule has 2 rings (SSSR count). The maximum absolute atomic E-state index is 5.19. The average molecular weight is 435 g/mol. The summed E-state index contributed by atoms with van der Waals surface area (Å²) in [7, 11) is 6.15. The Labute approximate surface area is 156 Å². The Bertz CT molecular complexity index is 501. The number of hydrogen-bond acceptors (Lipinski definition) is 4. The first-order chi connectivity index (χ1) is 10.5. The highest BCUT2D eigenvalue weighted by Gasteiger charge is 2.35. The zero-order valence-corrected chi connectivity index (χ0v) is 17.2. The Hall–Kier alpha value is -0.830. The Morgan fingerprint density at radius 3 is 2.39 bits per heavy atom. The van der Waals surface area contributed by atoms with E-state index in [-0.39, 0.29) is 29.5 Å². The van der Waals surface area contributed by atoms with Gasteiger partial charge >= 0.3 is 0 Å². The van der Waals surface area contributed by atoms with Crippen molar-refractivity contribution in [1.82, 2.24) is 20.7 Å². The number of guanidine groups is 1. The summed E-state index contributed by atoms with van der Waals surface area (Å²) < 4.78 is 5.19. The molecule has 0 aromatic carbocycles. The van der Waals surface area contributed by atoms with Crippen LogP contribution in [0.3, 0.4) is 0 Å². The van der Waals surface area contributed by atoms with Gasteiger partial charge in [-0.15, -0.1) is 24.0 Å². The van der Waals surface area contributed by atoms with Crippen LogP contribution in [-0.2, 0) is 6.54 Å². The van der Waals surface area contributed by atoms with Crippen LogP contribution in [0.4, 0.5) is 0 Å². The van der Waals surface area contributed by atoms with Crippen LogP contribution in [0.1, 0.15) is 42.7 Å². The summed E-state index contributed by atoms with van der Waals surface area (Å²) >= 11 is 0. The zero-order chi connectivity index (χ0) is 16.2. The molecular formula is C16H30IN5O. The molecule has 23 heavy (non-hydrogen) atoms. The number of halogens is 1. The molecule has 1 fully saturated rings. The lowest BCUT2D eigenvalue weighted by molar-refractivity contribution is 0.160. The van der Waals surface area contributed by atoms with E-state index in [2.05, 4.69) is 39.8 Å². The Kier molecular flexibility index (Phi) is 7.79. The van der Waals surface area contributed by atoms with Crippen LogP contribution in [0.5, 0.6) is 0 Å². The van der Waals surface area contributed by atoms with Crippen LogP contribution in [0.15, 0.2) is 9.52 Å². The van der Waals surface area contributed by atoms with Crippen LogP contribution < -0.4 is 10.6 Å². The summed E-state index contributed by atoms with van der Waals surface area (Å²) in [6.45, 7) is 5.49. The van der Waals surface area contributed by atoms with Crippen LogP contribution in [0.2, 0.25) is 0 Å². The fourth-order valence-corrected chi connectivity index (χ4v) is 3.21. The topological polar surface area (TPSA) is 65.7 Å². The SMILES string of the molecule is CN=C(NCc1c(C)noc1C)NCC1(N(C)C)CCCC1.I. The lowest BCUT2D eigenvalue weighted by Gasteiger charge is -2.37.